The van der Waals surface area contributed by atoms with Crippen LogP contribution in [0.5, 0.6) is 0 Å². The molecular weight excluding hydrogens is 179 g/mol. The van der Waals surface area contributed by atoms with Crippen LogP contribution in [0.15, 0.2) is 0 Å². The van der Waals surface area contributed by atoms with Crippen LogP contribution < -0.4 is 5.73 Å². The van der Waals surface area contributed by atoms with E-state index in [0.717, 1.165) is 6.92 Å². The number of hydrogen-bond donors (Lipinski definition) is 1. The van der Waals surface area contributed by atoms with Crippen molar-refractivity contribution in [1.82, 2.24) is 0 Å². The van der Waals surface area contributed by atoms with Gasteiger partial charge in [-0.2, -0.15) is 13.2 Å². The Labute approximate surface area is 69.5 Å². The Morgan fingerprint density at radius 3 is 1.73 bits per heavy atom. The Morgan fingerprint density at radius 1 is 1.27 bits per heavy atom. The lowest BCUT2D eigenvalue weighted by Crippen LogP contribution is -2.52. The highest BCUT2D eigenvalue weighted by Crippen LogP contribution is 2.46. The highest BCUT2D eigenvalue weighted by Gasteiger charge is 2.56. The number of hydrogen-bond acceptors (Lipinski definition) is 1. The van der Waals surface area contributed by atoms with Gasteiger partial charge in [0.15, 0.2) is 0 Å². The van der Waals surface area contributed by atoms with Crippen molar-refractivity contribution >= 4 is 12.4 Å². The van der Waals surface area contributed by atoms with Crippen molar-refractivity contribution in [2.75, 3.05) is 0 Å². The number of halogens is 4. The lowest BCUT2D eigenvalue weighted by atomic mass is 9.97. The summed E-state index contributed by atoms with van der Waals surface area (Å²) in [7, 11) is 0. The van der Waals surface area contributed by atoms with E-state index in [2.05, 4.69) is 0 Å². The molecule has 68 valence electrons. The zero-order valence-electron chi connectivity index (χ0n) is 6.11. The molecule has 0 radical (unpaired) electrons. The third kappa shape index (κ3) is 1.99. The second kappa shape index (κ2) is 2.83. The standard InChI is InChI=1S/C6H10F3N.ClH/c1-5(10,4-2-3-4)6(7,8)9;/h4H,2-3,10H2,1H3;1H/t5-;/m0./s1. The van der Waals surface area contributed by atoms with Crippen LogP contribution in [0.25, 0.3) is 0 Å². The van der Waals surface area contributed by atoms with E-state index in [0.29, 0.717) is 12.8 Å². The summed E-state index contributed by atoms with van der Waals surface area (Å²) in [5, 5.41) is 0. The van der Waals surface area contributed by atoms with Gasteiger partial charge in [-0.3, -0.25) is 0 Å². The van der Waals surface area contributed by atoms with Crippen LogP contribution in [0.2, 0.25) is 0 Å². The van der Waals surface area contributed by atoms with Crippen molar-refractivity contribution < 1.29 is 13.2 Å². The molecule has 0 aromatic heterocycles. The van der Waals surface area contributed by atoms with Crippen molar-refractivity contribution in [3.05, 3.63) is 0 Å². The second-order valence-electron chi connectivity index (χ2n) is 3.05. The SMILES string of the molecule is C[C@](N)(C1CC1)C(F)(F)F.Cl. The van der Waals surface area contributed by atoms with Crippen molar-refractivity contribution in [3.8, 4) is 0 Å². The number of alkyl halides is 3. The first-order valence-corrected chi connectivity index (χ1v) is 3.21. The minimum atomic E-state index is -4.24. The average Bonchev–Trinajstić information content (AvgIpc) is 2.38. The summed E-state index contributed by atoms with van der Waals surface area (Å²) in [4.78, 5) is 0. The molecule has 0 amide bonds. The highest BCUT2D eigenvalue weighted by atomic mass is 35.5. The number of nitrogens with two attached hydrogens (primary N) is 1. The molecule has 1 rings (SSSR count). The predicted octanol–water partition coefficient (Wildman–Crippen LogP) is 2.10. The summed E-state index contributed by atoms with van der Waals surface area (Å²) in [6, 6.07) is 0. The van der Waals surface area contributed by atoms with Gasteiger partial charge in [-0.25, -0.2) is 0 Å². The molecular formula is C6H11ClF3N. The monoisotopic (exact) mass is 189 g/mol. The van der Waals surface area contributed by atoms with Crippen LogP contribution in [-0.2, 0) is 0 Å². The molecule has 5 heteroatoms. The molecule has 0 aromatic rings. The molecule has 11 heavy (non-hydrogen) atoms. The molecule has 1 atom stereocenters. The van der Waals surface area contributed by atoms with Gasteiger partial charge in [-0.05, 0) is 25.7 Å². The summed E-state index contributed by atoms with van der Waals surface area (Å²) in [5.41, 5.74) is 3.12. The van der Waals surface area contributed by atoms with Gasteiger partial charge >= 0.3 is 6.18 Å². The van der Waals surface area contributed by atoms with Crippen molar-refractivity contribution in [2.45, 2.75) is 31.5 Å². The van der Waals surface area contributed by atoms with Gasteiger partial charge in [0.2, 0.25) is 0 Å². The van der Waals surface area contributed by atoms with E-state index in [9.17, 15) is 13.2 Å². The van der Waals surface area contributed by atoms with E-state index in [4.69, 9.17) is 5.73 Å². The van der Waals surface area contributed by atoms with Crippen LogP contribution in [-0.4, -0.2) is 11.7 Å². The van der Waals surface area contributed by atoms with Crippen molar-refractivity contribution in [2.24, 2.45) is 11.7 Å². The maximum absolute atomic E-state index is 12.0. The molecule has 1 fully saturated rings. The van der Waals surface area contributed by atoms with Gasteiger partial charge in [0.05, 0.1) is 0 Å². The Hall–Kier alpha value is 0.0400. The summed E-state index contributed by atoms with van der Waals surface area (Å²) in [6.07, 6.45) is -3.01. The smallest absolute Gasteiger partial charge is 0.318 e. The quantitative estimate of drug-likeness (QED) is 0.672. The van der Waals surface area contributed by atoms with Gasteiger partial charge in [0, 0.05) is 0 Å². The summed E-state index contributed by atoms with van der Waals surface area (Å²) >= 11 is 0. The van der Waals surface area contributed by atoms with E-state index >= 15 is 0 Å². The molecule has 1 aliphatic carbocycles. The Balaban J connectivity index is 0.000001000. The van der Waals surface area contributed by atoms with E-state index in [1.165, 1.54) is 0 Å². The third-order valence-electron chi connectivity index (χ3n) is 2.04. The second-order valence-corrected chi connectivity index (χ2v) is 3.05. The minimum Gasteiger partial charge on any atom is -0.318 e. The topological polar surface area (TPSA) is 26.0 Å². The van der Waals surface area contributed by atoms with Gasteiger partial charge in [-0.15, -0.1) is 12.4 Å². The van der Waals surface area contributed by atoms with Crippen LogP contribution in [0, 0.1) is 5.92 Å². The van der Waals surface area contributed by atoms with Crippen LogP contribution in [0.4, 0.5) is 13.2 Å². The first-order valence-electron chi connectivity index (χ1n) is 3.21. The molecule has 2 N–H and O–H groups in total. The summed E-state index contributed by atoms with van der Waals surface area (Å²) < 4.78 is 36.0. The number of rotatable bonds is 1. The molecule has 1 saturated carbocycles. The molecule has 0 aromatic carbocycles. The molecule has 0 saturated heterocycles. The largest absolute Gasteiger partial charge is 0.406 e. The molecule has 0 spiro atoms. The van der Waals surface area contributed by atoms with Crippen LogP contribution >= 0.6 is 12.4 Å². The van der Waals surface area contributed by atoms with Crippen molar-refractivity contribution in [3.63, 3.8) is 0 Å². The zero-order valence-corrected chi connectivity index (χ0v) is 6.93. The molecule has 1 aliphatic rings. The predicted molar refractivity (Wildman–Crippen MR) is 38.6 cm³/mol. The normalized spacial score (nSPS) is 23.7. The fraction of sp³-hybridized carbons (Fsp3) is 1.00. The molecule has 0 aliphatic heterocycles. The Kier molecular flexibility index (Phi) is 2.84. The van der Waals surface area contributed by atoms with Gasteiger partial charge < -0.3 is 5.73 Å². The molecule has 1 nitrogen and oxygen atoms in total. The maximum Gasteiger partial charge on any atom is 0.406 e. The first-order chi connectivity index (χ1) is 4.36. The van der Waals surface area contributed by atoms with Crippen LogP contribution in [0.1, 0.15) is 19.8 Å². The lowest BCUT2D eigenvalue weighted by molar-refractivity contribution is -0.186. The Morgan fingerprint density at radius 2 is 1.64 bits per heavy atom. The molecule has 0 bridgehead atoms. The van der Waals surface area contributed by atoms with Gasteiger partial charge in [0.1, 0.15) is 5.54 Å². The molecule has 0 heterocycles. The Bertz CT molecular complexity index is 139. The lowest BCUT2D eigenvalue weighted by Gasteiger charge is -2.27. The zero-order chi connectivity index (χ0) is 7.99. The van der Waals surface area contributed by atoms with E-state index < -0.39 is 11.7 Å². The average molecular weight is 190 g/mol. The fourth-order valence-corrected chi connectivity index (χ4v) is 0.914. The van der Waals surface area contributed by atoms with E-state index in [1.807, 2.05) is 0 Å². The summed E-state index contributed by atoms with van der Waals surface area (Å²) in [6.45, 7) is 1.06. The highest BCUT2D eigenvalue weighted by molar-refractivity contribution is 5.85. The maximum atomic E-state index is 12.0. The summed E-state index contributed by atoms with van der Waals surface area (Å²) in [5.74, 6) is -0.340. The fourth-order valence-electron chi connectivity index (χ4n) is 0.914. The van der Waals surface area contributed by atoms with Gasteiger partial charge in [-0.1, -0.05) is 0 Å². The van der Waals surface area contributed by atoms with E-state index in [-0.39, 0.29) is 18.3 Å². The third-order valence-corrected chi connectivity index (χ3v) is 2.04. The minimum absolute atomic E-state index is 0. The van der Waals surface area contributed by atoms with Gasteiger partial charge in [0.25, 0.3) is 0 Å². The van der Waals surface area contributed by atoms with Crippen LogP contribution in [0.3, 0.4) is 0 Å². The van der Waals surface area contributed by atoms with E-state index in [1.54, 1.807) is 0 Å². The molecule has 0 unspecified atom stereocenters. The van der Waals surface area contributed by atoms with Crippen molar-refractivity contribution in [1.29, 1.82) is 0 Å². The first kappa shape index (κ1) is 11.0.